The van der Waals surface area contributed by atoms with E-state index < -0.39 is 67.4 Å². The van der Waals surface area contributed by atoms with Crippen molar-refractivity contribution in [2.45, 2.75) is 275 Å². The predicted molar refractivity (Wildman–Crippen MR) is 287 cm³/mol. The number of aliphatic hydroxyl groups is 5. The first-order valence-electron chi connectivity index (χ1n) is 28.3. The molecule has 11 heteroatoms. The average molecular weight is 986 g/mol. The molecule has 11 nitrogen and oxygen atoms in total. The number of allylic oxidation sites excluding steroid dienone is 11. The van der Waals surface area contributed by atoms with E-state index in [0.717, 1.165) is 64.2 Å². The maximum Gasteiger partial charge on any atom is 0.306 e. The first-order chi connectivity index (χ1) is 34.2. The van der Waals surface area contributed by atoms with Crippen LogP contribution in [0.5, 0.6) is 0 Å². The zero-order valence-corrected chi connectivity index (χ0v) is 44.4. The van der Waals surface area contributed by atoms with E-state index in [-0.39, 0.29) is 19.4 Å². The molecule has 1 aliphatic rings. The number of amides is 1. The monoisotopic (exact) mass is 986 g/mol. The van der Waals surface area contributed by atoms with E-state index in [1.165, 1.54) is 116 Å². The van der Waals surface area contributed by atoms with Gasteiger partial charge < -0.3 is 45.1 Å². The van der Waals surface area contributed by atoms with Gasteiger partial charge in [0.15, 0.2) is 12.4 Å². The fraction of sp³-hybridized carbons (Fsp3) is 0.763. The van der Waals surface area contributed by atoms with Crippen LogP contribution in [0, 0.1) is 0 Å². The van der Waals surface area contributed by atoms with E-state index in [1.807, 2.05) is 54.7 Å². The van der Waals surface area contributed by atoms with E-state index in [2.05, 4.69) is 38.2 Å². The summed E-state index contributed by atoms with van der Waals surface area (Å²) < 4.78 is 17.5. The van der Waals surface area contributed by atoms with Gasteiger partial charge in [0.05, 0.1) is 25.4 Å². The molecule has 8 unspecified atom stereocenters. The summed E-state index contributed by atoms with van der Waals surface area (Å²) in [5, 5.41) is 56.8. The highest BCUT2D eigenvalue weighted by Gasteiger charge is 2.47. The number of carbonyl (C=O) groups is 2. The number of unbranched alkanes of at least 4 members (excludes halogenated alkanes) is 26. The summed E-state index contributed by atoms with van der Waals surface area (Å²) in [6, 6.07) is -1.03. The normalized spacial score (nSPS) is 20.3. The first kappa shape index (κ1) is 65.1. The van der Waals surface area contributed by atoms with Crippen molar-refractivity contribution in [3.05, 3.63) is 72.9 Å². The Bertz CT molecular complexity index is 1410. The van der Waals surface area contributed by atoms with Crippen LogP contribution in [0.3, 0.4) is 0 Å². The molecule has 0 saturated carbocycles. The number of esters is 1. The predicted octanol–water partition coefficient (Wildman–Crippen LogP) is 12.4. The van der Waals surface area contributed by atoms with Crippen LogP contribution >= 0.6 is 0 Å². The summed E-state index contributed by atoms with van der Waals surface area (Å²) in [5.41, 5.74) is 0. The Labute approximate surface area is 426 Å². The molecule has 1 fully saturated rings. The van der Waals surface area contributed by atoms with Gasteiger partial charge in [0, 0.05) is 6.42 Å². The Morgan fingerprint density at radius 2 is 1.03 bits per heavy atom. The molecule has 0 aromatic carbocycles. The molecule has 70 heavy (non-hydrogen) atoms. The van der Waals surface area contributed by atoms with E-state index in [0.29, 0.717) is 12.8 Å². The van der Waals surface area contributed by atoms with Crippen molar-refractivity contribution in [1.29, 1.82) is 0 Å². The smallest absolute Gasteiger partial charge is 0.306 e. The van der Waals surface area contributed by atoms with Crippen LogP contribution in [0.1, 0.15) is 226 Å². The van der Waals surface area contributed by atoms with Crippen molar-refractivity contribution in [3.63, 3.8) is 0 Å². The van der Waals surface area contributed by atoms with Gasteiger partial charge in [-0.05, 0) is 44.9 Å². The van der Waals surface area contributed by atoms with Gasteiger partial charge in [-0.2, -0.15) is 0 Å². The molecule has 0 radical (unpaired) electrons. The van der Waals surface area contributed by atoms with Crippen molar-refractivity contribution in [1.82, 2.24) is 5.32 Å². The van der Waals surface area contributed by atoms with Crippen LogP contribution in [0.4, 0.5) is 0 Å². The lowest BCUT2D eigenvalue weighted by atomic mass is 9.99. The molecule has 1 heterocycles. The van der Waals surface area contributed by atoms with Crippen molar-refractivity contribution in [2.24, 2.45) is 0 Å². The van der Waals surface area contributed by atoms with Crippen LogP contribution in [-0.2, 0) is 23.8 Å². The van der Waals surface area contributed by atoms with Crippen LogP contribution < -0.4 is 5.32 Å². The fourth-order valence-electron chi connectivity index (χ4n) is 8.50. The number of ether oxygens (including phenoxy) is 3. The molecule has 0 aliphatic carbocycles. The van der Waals surface area contributed by atoms with Gasteiger partial charge in [-0.15, -0.1) is 0 Å². The third kappa shape index (κ3) is 35.3. The fourth-order valence-corrected chi connectivity index (χ4v) is 8.50. The molecular formula is C59H103NO10. The molecule has 0 aromatic rings. The highest BCUT2D eigenvalue weighted by Crippen LogP contribution is 2.26. The summed E-state index contributed by atoms with van der Waals surface area (Å²) in [5.74, 6) is -1.24. The number of hydrogen-bond acceptors (Lipinski definition) is 10. The number of rotatable bonds is 46. The third-order valence-corrected chi connectivity index (χ3v) is 13.0. The standard InChI is InChI=1S/C59H103NO10/c1-4-7-10-13-16-19-22-25-26-29-32-35-38-41-44-47-54(64)70-57-56(66)55(65)53(48-61)69-59(57)68-49-50(51(62)45-42-39-36-33-30-27-23-20-17-14-11-8-5-2)60-58(67)52(63)46-43-40-37-34-31-28-24-21-18-15-12-9-6-3/h7,10,13,16,19,22,25-26,29,32,42,45,50-53,55-57,59,61-63,65-66H,4-6,8-9,11-12,14-15,17-18,20-21,23-24,27-28,30-31,33-41,43-44,46-49H2,1-3H3,(H,60,67)/b10-7+,16-13+,22-19-,26-25-,32-29+,45-42+. The van der Waals surface area contributed by atoms with Gasteiger partial charge in [-0.1, -0.05) is 248 Å². The largest absolute Gasteiger partial charge is 0.454 e. The second-order valence-electron chi connectivity index (χ2n) is 19.4. The number of aliphatic hydroxyl groups excluding tert-OH is 5. The lowest BCUT2D eigenvalue weighted by Crippen LogP contribution is -2.61. The minimum absolute atomic E-state index is 0.0727. The zero-order valence-electron chi connectivity index (χ0n) is 44.4. The van der Waals surface area contributed by atoms with E-state index in [4.69, 9.17) is 14.2 Å². The molecule has 404 valence electrons. The SMILES string of the molecule is CC/C=C/C=C/C=C\C=C/C=C/CCCCCC(=O)OC1C(OCC(NC(=O)C(O)CCCCCCCCCCCCCCC)C(O)/C=C/CCCCCCCCCCCCC)OC(CO)C(O)C1O. The molecule has 1 amide bonds. The van der Waals surface area contributed by atoms with E-state index in [1.54, 1.807) is 6.08 Å². The van der Waals surface area contributed by atoms with Crippen LogP contribution in [0.25, 0.3) is 0 Å². The van der Waals surface area contributed by atoms with Gasteiger partial charge in [0.25, 0.3) is 0 Å². The Balaban J connectivity index is 2.78. The molecule has 0 bridgehead atoms. The zero-order chi connectivity index (χ0) is 51.1. The van der Waals surface area contributed by atoms with Gasteiger partial charge in [0.2, 0.25) is 5.91 Å². The molecular weight excluding hydrogens is 883 g/mol. The summed E-state index contributed by atoms with van der Waals surface area (Å²) in [6.07, 6.45) is 48.0. The first-order valence-corrected chi connectivity index (χ1v) is 28.3. The highest BCUT2D eigenvalue weighted by molar-refractivity contribution is 5.80. The van der Waals surface area contributed by atoms with E-state index in [9.17, 15) is 35.1 Å². The van der Waals surface area contributed by atoms with Crippen LogP contribution in [0.15, 0.2) is 72.9 Å². The van der Waals surface area contributed by atoms with Gasteiger partial charge >= 0.3 is 5.97 Å². The summed E-state index contributed by atoms with van der Waals surface area (Å²) >= 11 is 0. The minimum atomic E-state index is -1.63. The van der Waals surface area contributed by atoms with Crippen molar-refractivity contribution in [2.75, 3.05) is 13.2 Å². The Hall–Kier alpha value is -2.90. The number of hydrogen-bond donors (Lipinski definition) is 6. The highest BCUT2D eigenvalue weighted by atomic mass is 16.7. The molecule has 8 atom stereocenters. The number of nitrogens with one attached hydrogen (secondary N) is 1. The average Bonchev–Trinajstić information content (AvgIpc) is 3.36. The second kappa shape index (κ2) is 47.1. The topological polar surface area (TPSA) is 175 Å². The Morgan fingerprint density at radius 3 is 1.54 bits per heavy atom. The van der Waals surface area contributed by atoms with Gasteiger partial charge in [-0.3, -0.25) is 9.59 Å². The van der Waals surface area contributed by atoms with E-state index >= 15 is 0 Å². The third-order valence-electron chi connectivity index (χ3n) is 13.0. The second-order valence-corrected chi connectivity index (χ2v) is 19.4. The number of carbonyl (C=O) groups excluding carboxylic acids is 2. The molecule has 0 spiro atoms. The molecule has 6 N–H and O–H groups in total. The quantitative estimate of drug-likeness (QED) is 0.0149. The van der Waals surface area contributed by atoms with Crippen LogP contribution in [0.2, 0.25) is 0 Å². The summed E-state index contributed by atoms with van der Waals surface area (Å²) in [4.78, 5) is 26.4. The van der Waals surface area contributed by atoms with Crippen molar-refractivity contribution >= 4 is 11.9 Å². The lowest BCUT2D eigenvalue weighted by molar-refractivity contribution is -0.305. The lowest BCUT2D eigenvalue weighted by Gasteiger charge is -2.41. The maximum atomic E-state index is 13.4. The van der Waals surface area contributed by atoms with Crippen LogP contribution in [-0.4, -0.2) is 99.6 Å². The maximum absolute atomic E-state index is 13.4. The summed E-state index contributed by atoms with van der Waals surface area (Å²) in [7, 11) is 0. The van der Waals surface area contributed by atoms with Crippen molar-refractivity contribution in [3.8, 4) is 0 Å². The minimum Gasteiger partial charge on any atom is -0.454 e. The summed E-state index contributed by atoms with van der Waals surface area (Å²) in [6.45, 7) is 5.60. The van der Waals surface area contributed by atoms with Gasteiger partial charge in [-0.25, -0.2) is 0 Å². The van der Waals surface area contributed by atoms with Crippen molar-refractivity contribution < 1.29 is 49.3 Å². The molecule has 1 rings (SSSR count). The molecule has 1 saturated heterocycles. The Kier molecular flexibility index (Phi) is 43.8. The molecule has 1 aliphatic heterocycles. The Morgan fingerprint density at radius 1 is 0.571 bits per heavy atom. The molecule has 0 aromatic heterocycles. The van der Waals surface area contributed by atoms with Gasteiger partial charge in [0.1, 0.15) is 24.4 Å².